The SMILES string of the molecule is CC1(C)OC[C@@H](C(=O)NC(CO)c2ccccn2)N1C(=O)OCc1ccccc1. The van der Waals surface area contributed by atoms with Crippen molar-refractivity contribution in [2.24, 2.45) is 0 Å². The first-order chi connectivity index (χ1) is 13.9. The van der Waals surface area contributed by atoms with Crippen LogP contribution in [0.3, 0.4) is 0 Å². The normalized spacial score (nSPS) is 18.9. The van der Waals surface area contributed by atoms with E-state index >= 15 is 0 Å². The molecule has 1 aliphatic heterocycles. The zero-order valence-corrected chi connectivity index (χ0v) is 16.4. The summed E-state index contributed by atoms with van der Waals surface area (Å²) in [4.78, 5) is 31.1. The highest BCUT2D eigenvalue weighted by Gasteiger charge is 2.48. The van der Waals surface area contributed by atoms with Gasteiger partial charge in [0.25, 0.3) is 0 Å². The van der Waals surface area contributed by atoms with Crippen LogP contribution in [0.2, 0.25) is 0 Å². The third kappa shape index (κ3) is 4.90. The summed E-state index contributed by atoms with van der Waals surface area (Å²) in [5.41, 5.74) is 0.366. The van der Waals surface area contributed by atoms with E-state index in [1.54, 1.807) is 38.2 Å². The minimum Gasteiger partial charge on any atom is -0.444 e. The van der Waals surface area contributed by atoms with E-state index < -0.39 is 29.8 Å². The van der Waals surface area contributed by atoms with Gasteiger partial charge in [0.15, 0.2) is 0 Å². The summed E-state index contributed by atoms with van der Waals surface area (Å²) in [6.45, 7) is 3.20. The number of aliphatic hydroxyl groups is 1. The molecule has 1 fully saturated rings. The minimum absolute atomic E-state index is 0.0274. The van der Waals surface area contributed by atoms with E-state index in [4.69, 9.17) is 9.47 Å². The number of ether oxygens (including phenoxy) is 2. The zero-order chi connectivity index (χ0) is 20.9. The van der Waals surface area contributed by atoms with Crippen LogP contribution in [-0.4, -0.2) is 52.0 Å². The third-order valence-corrected chi connectivity index (χ3v) is 4.73. The zero-order valence-electron chi connectivity index (χ0n) is 16.4. The molecule has 154 valence electrons. The van der Waals surface area contributed by atoms with Gasteiger partial charge in [-0.25, -0.2) is 4.79 Å². The largest absolute Gasteiger partial charge is 0.444 e. The van der Waals surface area contributed by atoms with Crippen LogP contribution < -0.4 is 5.32 Å². The van der Waals surface area contributed by atoms with Crippen molar-refractivity contribution in [3.63, 3.8) is 0 Å². The van der Waals surface area contributed by atoms with E-state index in [1.807, 2.05) is 30.3 Å². The van der Waals surface area contributed by atoms with Gasteiger partial charge in [-0.2, -0.15) is 0 Å². The molecule has 0 radical (unpaired) electrons. The van der Waals surface area contributed by atoms with Gasteiger partial charge >= 0.3 is 6.09 Å². The summed E-state index contributed by atoms with van der Waals surface area (Å²) in [6, 6.07) is 12.9. The van der Waals surface area contributed by atoms with Gasteiger partial charge in [0, 0.05) is 6.20 Å². The van der Waals surface area contributed by atoms with Crippen LogP contribution in [0.25, 0.3) is 0 Å². The van der Waals surface area contributed by atoms with Crippen LogP contribution in [0.5, 0.6) is 0 Å². The second-order valence-corrected chi connectivity index (χ2v) is 7.18. The Balaban J connectivity index is 1.69. The van der Waals surface area contributed by atoms with Crippen LogP contribution in [0.4, 0.5) is 4.79 Å². The lowest BCUT2D eigenvalue weighted by Crippen LogP contribution is -2.54. The number of nitrogens with zero attached hydrogens (tertiary/aromatic N) is 2. The van der Waals surface area contributed by atoms with Gasteiger partial charge in [-0.3, -0.25) is 14.7 Å². The lowest BCUT2D eigenvalue weighted by atomic mass is 10.1. The number of nitrogens with one attached hydrogen (secondary N) is 1. The molecule has 1 unspecified atom stereocenters. The lowest BCUT2D eigenvalue weighted by Gasteiger charge is -2.32. The molecule has 3 rings (SSSR count). The van der Waals surface area contributed by atoms with E-state index in [0.29, 0.717) is 5.69 Å². The van der Waals surface area contributed by atoms with Crippen LogP contribution >= 0.6 is 0 Å². The smallest absolute Gasteiger partial charge is 0.413 e. The number of aliphatic hydroxyl groups excluding tert-OH is 1. The quantitative estimate of drug-likeness (QED) is 0.771. The van der Waals surface area contributed by atoms with Crippen LogP contribution in [0.15, 0.2) is 54.7 Å². The highest BCUT2D eigenvalue weighted by Crippen LogP contribution is 2.29. The molecule has 2 heterocycles. The van der Waals surface area contributed by atoms with Crippen LogP contribution in [-0.2, 0) is 20.9 Å². The molecular weight excluding hydrogens is 374 g/mol. The van der Waals surface area contributed by atoms with Crippen molar-refractivity contribution in [3.05, 3.63) is 66.0 Å². The molecule has 1 saturated heterocycles. The van der Waals surface area contributed by atoms with E-state index in [2.05, 4.69) is 10.3 Å². The van der Waals surface area contributed by atoms with Crippen molar-refractivity contribution in [3.8, 4) is 0 Å². The van der Waals surface area contributed by atoms with Crippen molar-refractivity contribution in [1.29, 1.82) is 0 Å². The monoisotopic (exact) mass is 399 g/mol. The predicted octanol–water partition coefficient (Wildman–Crippen LogP) is 2.00. The number of pyridine rings is 1. The summed E-state index contributed by atoms with van der Waals surface area (Å²) >= 11 is 0. The molecule has 0 saturated carbocycles. The highest BCUT2D eigenvalue weighted by atomic mass is 16.6. The number of hydrogen-bond donors (Lipinski definition) is 2. The standard InChI is InChI=1S/C21H25N3O5/c1-21(2)24(20(27)28-13-15-8-4-3-5-9-15)18(14-29-21)19(26)23-17(12-25)16-10-6-7-11-22-16/h3-11,17-18,25H,12-14H2,1-2H3,(H,23,26)/t17?,18-/m0/s1. The topological polar surface area (TPSA) is 101 Å². The highest BCUT2D eigenvalue weighted by molar-refractivity contribution is 5.87. The van der Waals surface area contributed by atoms with Crippen molar-refractivity contribution in [1.82, 2.24) is 15.2 Å². The van der Waals surface area contributed by atoms with Gasteiger partial charge in [0.2, 0.25) is 5.91 Å². The molecule has 1 aliphatic rings. The number of rotatable bonds is 6. The Kier molecular flexibility index (Phi) is 6.46. The maximum Gasteiger partial charge on any atom is 0.413 e. The summed E-state index contributed by atoms with van der Waals surface area (Å²) in [5.74, 6) is -0.447. The Hall–Kier alpha value is -2.97. The molecule has 2 aromatic rings. The average Bonchev–Trinajstić information content (AvgIpc) is 3.06. The molecule has 2 N–H and O–H groups in total. The number of aromatic nitrogens is 1. The molecule has 0 spiro atoms. The Bertz CT molecular complexity index is 829. The Morgan fingerprint density at radius 1 is 1.28 bits per heavy atom. The fourth-order valence-corrected chi connectivity index (χ4v) is 3.19. The average molecular weight is 399 g/mol. The second-order valence-electron chi connectivity index (χ2n) is 7.18. The molecule has 8 heteroatoms. The molecule has 1 aromatic heterocycles. The molecule has 2 amide bonds. The number of amides is 2. The number of hydrogen-bond acceptors (Lipinski definition) is 6. The van der Waals surface area contributed by atoms with E-state index in [9.17, 15) is 14.7 Å². The fraction of sp³-hybridized carbons (Fsp3) is 0.381. The van der Waals surface area contributed by atoms with E-state index in [0.717, 1.165) is 5.56 Å². The molecule has 0 bridgehead atoms. The molecular formula is C21H25N3O5. The molecule has 1 aromatic carbocycles. The number of carbonyl (C=O) groups is 2. The summed E-state index contributed by atoms with van der Waals surface area (Å²) < 4.78 is 11.1. The predicted molar refractivity (Wildman–Crippen MR) is 104 cm³/mol. The summed E-state index contributed by atoms with van der Waals surface area (Å²) in [6.07, 6.45) is 0.939. The first-order valence-corrected chi connectivity index (χ1v) is 9.38. The minimum atomic E-state index is -1.00. The Morgan fingerprint density at radius 3 is 2.66 bits per heavy atom. The Labute approximate surface area is 169 Å². The number of carbonyl (C=O) groups excluding carboxylic acids is 2. The molecule has 8 nitrogen and oxygen atoms in total. The fourth-order valence-electron chi connectivity index (χ4n) is 3.19. The summed E-state index contributed by atoms with van der Waals surface area (Å²) in [7, 11) is 0. The van der Waals surface area contributed by atoms with Gasteiger partial charge in [0.1, 0.15) is 18.4 Å². The molecule has 29 heavy (non-hydrogen) atoms. The van der Waals surface area contributed by atoms with Crippen molar-refractivity contribution >= 4 is 12.0 Å². The maximum absolute atomic E-state index is 12.9. The lowest BCUT2D eigenvalue weighted by molar-refractivity contribution is -0.127. The first kappa shape index (κ1) is 20.8. The summed E-state index contributed by atoms with van der Waals surface area (Å²) in [5, 5.41) is 12.4. The second kappa shape index (κ2) is 9.02. The van der Waals surface area contributed by atoms with Gasteiger partial charge < -0.3 is 19.9 Å². The molecule has 0 aliphatic carbocycles. The molecule has 2 atom stereocenters. The third-order valence-electron chi connectivity index (χ3n) is 4.73. The number of benzene rings is 1. The maximum atomic E-state index is 12.9. The van der Waals surface area contributed by atoms with Crippen LogP contribution in [0.1, 0.15) is 31.1 Å². The van der Waals surface area contributed by atoms with Crippen molar-refractivity contribution in [2.45, 2.75) is 38.3 Å². The van der Waals surface area contributed by atoms with Gasteiger partial charge in [-0.05, 0) is 31.5 Å². The Morgan fingerprint density at radius 2 is 2.00 bits per heavy atom. The van der Waals surface area contributed by atoms with Gasteiger partial charge in [-0.15, -0.1) is 0 Å². The van der Waals surface area contributed by atoms with Crippen molar-refractivity contribution < 1.29 is 24.2 Å². The van der Waals surface area contributed by atoms with Crippen molar-refractivity contribution in [2.75, 3.05) is 13.2 Å². The first-order valence-electron chi connectivity index (χ1n) is 9.38. The van der Waals surface area contributed by atoms with Crippen LogP contribution in [0, 0.1) is 0 Å². The van der Waals surface area contributed by atoms with E-state index in [1.165, 1.54) is 4.90 Å². The van der Waals surface area contributed by atoms with Gasteiger partial charge in [-0.1, -0.05) is 36.4 Å². The van der Waals surface area contributed by atoms with E-state index in [-0.39, 0.29) is 19.8 Å². The van der Waals surface area contributed by atoms with Gasteiger partial charge in [0.05, 0.1) is 24.9 Å².